The molecular weight excluding hydrogens is 198 g/mol. The minimum absolute atomic E-state index is 0.261. The van der Waals surface area contributed by atoms with Gasteiger partial charge in [-0.2, -0.15) is 0 Å². The van der Waals surface area contributed by atoms with E-state index < -0.39 is 0 Å². The normalized spacial score (nSPS) is 17.7. The van der Waals surface area contributed by atoms with Gasteiger partial charge < -0.3 is 5.32 Å². The van der Waals surface area contributed by atoms with E-state index in [4.69, 9.17) is 0 Å². The van der Waals surface area contributed by atoms with Gasteiger partial charge in [-0.3, -0.25) is 4.79 Å². The van der Waals surface area contributed by atoms with Crippen LogP contribution in [0.25, 0.3) is 0 Å². The van der Waals surface area contributed by atoms with Gasteiger partial charge in [0.05, 0.1) is 0 Å². The molecule has 0 heterocycles. The Hall–Kier alpha value is -0.530. The molecule has 1 aliphatic carbocycles. The Bertz CT molecular complexity index is 191. The topological polar surface area (TPSA) is 29.1 Å². The van der Waals surface area contributed by atoms with E-state index in [1.165, 1.54) is 32.1 Å². The van der Waals surface area contributed by atoms with Crippen LogP contribution in [0.3, 0.4) is 0 Å². The third-order valence-electron chi connectivity index (χ3n) is 3.60. The predicted molar refractivity (Wildman–Crippen MR) is 68.3 cm³/mol. The minimum Gasteiger partial charge on any atom is -0.353 e. The summed E-state index contributed by atoms with van der Waals surface area (Å²) in [5, 5.41) is 3.25. The van der Waals surface area contributed by atoms with Gasteiger partial charge in [-0.1, -0.05) is 46.0 Å². The van der Waals surface area contributed by atoms with Crippen LogP contribution in [0.1, 0.15) is 71.6 Å². The summed E-state index contributed by atoms with van der Waals surface area (Å²) in [5.74, 6) is 0.576. The number of carbonyl (C=O) groups is 1. The average molecular weight is 225 g/mol. The molecule has 0 aromatic carbocycles. The fourth-order valence-electron chi connectivity index (χ4n) is 2.67. The Kier molecular flexibility index (Phi) is 6.51. The highest BCUT2D eigenvalue weighted by atomic mass is 16.1. The zero-order valence-corrected chi connectivity index (χ0v) is 10.9. The van der Waals surface area contributed by atoms with Crippen molar-refractivity contribution in [2.45, 2.75) is 77.7 Å². The molecule has 1 aliphatic rings. The Morgan fingerprint density at radius 1 is 1.12 bits per heavy atom. The van der Waals surface area contributed by atoms with Gasteiger partial charge >= 0.3 is 0 Å². The fourth-order valence-corrected chi connectivity index (χ4v) is 2.67. The highest BCUT2D eigenvalue weighted by Crippen LogP contribution is 2.19. The summed E-state index contributed by atoms with van der Waals surface area (Å²) in [5.41, 5.74) is 0. The smallest absolute Gasteiger partial charge is 0.223 e. The van der Waals surface area contributed by atoms with Crippen molar-refractivity contribution in [1.82, 2.24) is 5.32 Å². The van der Waals surface area contributed by atoms with Crippen LogP contribution in [0.2, 0.25) is 0 Å². The lowest BCUT2D eigenvalue weighted by molar-refractivity contribution is -0.126. The monoisotopic (exact) mass is 225 g/mol. The SMILES string of the molecule is CCCC(CCC)C(=O)NC1CCCCC1. The maximum atomic E-state index is 12.1. The predicted octanol–water partition coefficient (Wildman–Crippen LogP) is 3.65. The molecule has 0 radical (unpaired) electrons. The molecule has 0 aliphatic heterocycles. The molecule has 2 nitrogen and oxygen atoms in total. The molecule has 16 heavy (non-hydrogen) atoms. The second kappa shape index (κ2) is 7.70. The van der Waals surface area contributed by atoms with Crippen molar-refractivity contribution in [2.75, 3.05) is 0 Å². The van der Waals surface area contributed by atoms with Crippen molar-refractivity contribution in [3.05, 3.63) is 0 Å². The van der Waals surface area contributed by atoms with Crippen LogP contribution in [-0.2, 0) is 4.79 Å². The summed E-state index contributed by atoms with van der Waals surface area (Å²) < 4.78 is 0. The molecule has 1 N–H and O–H groups in total. The van der Waals surface area contributed by atoms with Crippen LogP contribution in [-0.4, -0.2) is 11.9 Å². The summed E-state index contributed by atoms with van der Waals surface area (Å²) in [4.78, 5) is 12.1. The highest BCUT2D eigenvalue weighted by Gasteiger charge is 2.21. The van der Waals surface area contributed by atoms with Crippen molar-refractivity contribution < 1.29 is 4.79 Å². The van der Waals surface area contributed by atoms with E-state index in [1.807, 2.05) is 0 Å². The van der Waals surface area contributed by atoms with Gasteiger partial charge in [-0.05, 0) is 25.7 Å². The molecule has 1 amide bonds. The summed E-state index contributed by atoms with van der Waals surface area (Å²) in [7, 11) is 0. The molecule has 0 spiro atoms. The maximum absolute atomic E-state index is 12.1. The van der Waals surface area contributed by atoms with Crippen molar-refractivity contribution in [3.8, 4) is 0 Å². The first kappa shape index (κ1) is 13.5. The largest absolute Gasteiger partial charge is 0.353 e. The third-order valence-corrected chi connectivity index (χ3v) is 3.60. The highest BCUT2D eigenvalue weighted by molar-refractivity contribution is 5.78. The summed E-state index contributed by atoms with van der Waals surface area (Å²) in [6, 6.07) is 0.470. The van der Waals surface area contributed by atoms with Crippen LogP contribution in [0.4, 0.5) is 0 Å². The van der Waals surface area contributed by atoms with Crippen molar-refractivity contribution >= 4 is 5.91 Å². The number of hydrogen-bond donors (Lipinski definition) is 1. The minimum atomic E-state index is 0.261. The van der Waals surface area contributed by atoms with Crippen molar-refractivity contribution in [2.24, 2.45) is 5.92 Å². The summed E-state index contributed by atoms with van der Waals surface area (Å²) >= 11 is 0. The van der Waals surface area contributed by atoms with E-state index in [2.05, 4.69) is 19.2 Å². The molecule has 1 saturated carbocycles. The van der Waals surface area contributed by atoms with Gasteiger partial charge in [-0.25, -0.2) is 0 Å². The van der Waals surface area contributed by atoms with Crippen molar-refractivity contribution in [1.29, 1.82) is 0 Å². The standard InChI is InChI=1S/C14H27NO/c1-3-8-12(9-4-2)14(16)15-13-10-6-5-7-11-13/h12-13H,3-11H2,1-2H3,(H,15,16). The van der Waals surface area contributed by atoms with Crippen molar-refractivity contribution in [3.63, 3.8) is 0 Å². The molecule has 2 heteroatoms. The van der Waals surface area contributed by atoms with E-state index in [9.17, 15) is 4.79 Å². The summed E-state index contributed by atoms with van der Waals surface area (Å²) in [6.07, 6.45) is 10.6. The lowest BCUT2D eigenvalue weighted by Crippen LogP contribution is -2.39. The van der Waals surface area contributed by atoms with E-state index in [-0.39, 0.29) is 5.92 Å². The molecule has 1 fully saturated rings. The zero-order valence-electron chi connectivity index (χ0n) is 10.9. The Balaban J connectivity index is 2.34. The Morgan fingerprint density at radius 2 is 1.69 bits per heavy atom. The van der Waals surface area contributed by atoms with Crippen LogP contribution >= 0.6 is 0 Å². The molecule has 0 atom stereocenters. The first-order valence-electron chi connectivity index (χ1n) is 7.08. The van der Waals surface area contributed by atoms with Gasteiger partial charge in [-0.15, -0.1) is 0 Å². The van der Waals surface area contributed by atoms with Crippen LogP contribution in [0, 0.1) is 5.92 Å². The van der Waals surface area contributed by atoms with Gasteiger partial charge in [0.25, 0.3) is 0 Å². The second-order valence-electron chi connectivity index (χ2n) is 5.12. The van der Waals surface area contributed by atoms with Gasteiger partial charge in [0.1, 0.15) is 0 Å². The Morgan fingerprint density at radius 3 is 2.19 bits per heavy atom. The van der Waals surface area contributed by atoms with Gasteiger partial charge in [0.15, 0.2) is 0 Å². The number of nitrogens with one attached hydrogen (secondary N) is 1. The van der Waals surface area contributed by atoms with E-state index >= 15 is 0 Å². The first-order valence-corrected chi connectivity index (χ1v) is 7.08. The number of rotatable bonds is 6. The molecule has 1 rings (SSSR count). The van der Waals surface area contributed by atoms with Crippen LogP contribution < -0.4 is 5.32 Å². The van der Waals surface area contributed by atoms with Gasteiger partial charge in [0.2, 0.25) is 5.91 Å². The molecule has 0 bridgehead atoms. The molecule has 0 unspecified atom stereocenters. The second-order valence-corrected chi connectivity index (χ2v) is 5.12. The van der Waals surface area contributed by atoms with E-state index in [0.717, 1.165) is 25.7 Å². The summed E-state index contributed by atoms with van der Waals surface area (Å²) in [6.45, 7) is 4.33. The Labute approximate surface area is 100 Å². The third kappa shape index (κ3) is 4.54. The number of carbonyl (C=O) groups excluding carboxylic acids is 1. The average Bonchev–Trinajstić information content (AvgIpc) is 2.30. The molecule has 94 valence electrons. The molecule has 0 aromatic heterocycles. The van der Waals surface area contributed by atoms with E-state index in [1.54, 1.807) is 0 Å². The number of hydrogen-bond acceptors (Lipinski definition) is 1. The maximum Gasteiger partial charge on any atom is 0.223 e. The molecule has 0 aromatic rings. The zero-order chi connectivity index (χ0) is 11.8. The number of amides is 1. The molecule has 0 saturated heterocycles. The first-order chi connectivity index (χ1) is 7.77. The van der Waals surface area contributed by atoms with Gasteiger partial charge in [0, 0.05) is 12.0 Å². The van der Waals surface area contributed by atoms with E-state index in [0.29, 0.717) is 11.9 Å². The fraction of sp³-hybridized carbons (Fsp3) is 0.929. The molecular formula is C14H27NO. The quantitative estimate of drug-likeness (QED) is 0.734. The lowest BCUT2D eigenvalue weighted by Gasteiger charge is -2.25. The lowest BCUT2D eigenvalue weighted by atomic mass is 9.93. The van der Waals surface area contributed by atoms with Crippen LogP contribution in [0.5, 0.6) is 0 Å². The van der Waals surface area contributed by atoms with Crippen LogP contribution in [0.15, 0.2) is 0 Å².